The van der Waals surface area contributed by atoms with Crippen LogP contribution in [-0.2, 0) is 0 Å². The van der Waals surface area contributed by atoms with Gasteiger partial charge < -0.3 is 10.2 Å². The van der Waals surface area contributed by atoms with E-state index >= 15 is 0 Å². The minimum atomic E-state index is -0.189. The van der Waals surface area contributed by atoms with Gasteiger partial charge >= 0.3 is 0 Å². The summed E-state index contributed by atoms with van der Waals surface area (Å²) in [5, 5.41) is 4.49. The molecule has 1 unspecified atom stereocenters. The van der Waals surface area contributed by atoms with Crippen molar-refractivity contribution in [1.82, 2.24) is 9.88 Å². The Morgan fingerprint density at radius 3 is 2.89 bits per heavy atom. The van der Waals surface area contributed by atoms with E-state index in [0.717, 1.165) is 27.8 Å². The molecule has 1 aromatic heterocycles. The highest BCUT2D eigenvalue weighted by atomic mass is 32.1. The van der Waals surface area contributed by atoms with E-state index in [1.165, 1.54) is 32.0 Å². The van der Waals surface area contributed by atoms with Crippen LogP contribution in [0, 0.1) is 11.7 Å². The molecule has 1 atom stereocenters. The molecular weight excluding hydrogens is 261 g/mol. The average molecular weight is 277 g/mol. The Labute approximate surface area is 115 Å². The maximum Gasteiger partial charge on any atom is 0.184 e. The van der Waals surface area contributed by atoms with Crippen LogP contribution in [0.5, 0.6) is 0 Å². The number of nitrogens with one attached hydrogen (secondary N) is 1. The average Bonchev–Trinajstić information content (AvgIpc) is 2.81. The first-order chi connectivity index (χ1) is 9.28. The third-order valence-electron chi connectivity index (χ3n) is 4.32. The maximum atomic E-state index is 13.2. The van der Waals surface area contributed by atoms with Crippen molar-refractivity contribution in [3.8, 4) is 0 Å². The predicted molar refractivity (Wildman–Crippen MR) is 76.2 cm³/mol. The van der Waals surface area contributed by atoms with Crippen molar-refractivity contribution in [3.05, 3.63) is 24.0 Å². The highest BCUT2D eigenvalue weighted by Gasteiger charge is 2.34. The van der Waals surface area contributed by atoms with Crippen molar-refractivity contribution in [2.75, 3.05) is 25.0 Å². The van der Waals surface area contributed by atoms with Gasteiger partial charge in [-0.25, -0.2) is 9.37 Å². The van der Waals surface area contributed by atoms with Gasteiger partial charge in [-0.05, 0) is 50.0 Å². The van der Waals surface area contributed by atoms with Crippen molar-refractivity contribution in [2.45, 2.75) is 18.9 Å². The Bertz CT molecular complexity index is 604. The minimum Gasteiger partial charge on any atom is -0.357 e. The first kappa shape index (κ1) is 11.6. The van der Waals surface area contributed by atoms with Gasteiger partial charge in [-0.2, -0.15) is 0 Å². The quantitative estimate of drug-likeness (QED) is 0.915. The summed E-state index contributed by atoms with van der Waals surface area (Å²) >= 11 is 1.55. The van der Waals surface area contributed by atoms with Gasteiger partial charge in [0.2, 0.25) is 0 Å². The number of hydrogen-bond acceptors (Lipinski definition) is 4. The number of anilines is 1. The van der Waals surface area contributed by atoms with Crippen molar-refractivity contribution in [3.63, 3.8) is 0 Å². The molecule has 5 heteroatoms. The number of fused-ring (bicyclic) bond motifs is 4. The molecule has 4 heterocycles. The monoisotopic (exact) mass is 277 g/mol. The van der Waals surface area contributed by atoms with E-state index in [2.05, 4.69) is 15.2 Å². The first-order valence-corrected chi connectivity index (χ1v) is 7.64. The highest BCUT2D eigenvalue weighted by molar-refractivity contribution is 7.22. The van der Waals surface area contributed by atoms with Gasteiger partial charge in [0, 0.05) is 12.6 Å². The SMILES string of the molecule is Fc1ccc2nc(NC3CN4CCC3CC4)sc2c1. The van der Waals surface area contributed by atoms with Crippen LogP contribution < -0.4 is 5.32 Å². The van der Waals surface area contributed by atoms with E-state index in [4.69, 9.17) is 0 Å². The zero-order valence-corrected chi connectivity index (χ0v) is 11.4. The summed E-state index contributed by atoms with van der Waals surface area (Å²) < 4.78 is 14.1. The second-order valence-corrected chi connectivity index (χ2v) is 6.55. The molecule has 3 aliphatic heterocycles. The molecule has 5 rings (SSSR count). The molecule has 3 nitrogen and oxygen atoms in total. The Balaban J connectivity index is 1.58. The summed E-state index contributed by atoms with van der Waals surface area (Å²) in [5.74, 6) is 0.583. The normalized spacial score (nSPS) is 29.8. The molecule has 0 saturated carbocycles. The first-order valence-electron chi connectivity index (χ1n) is 6.83. The number of nitrogens with zero attached hydrogens (tertiary/aromatic N) is 2. The van der Waals surface area contributed by atoms with Crippen LogP contribution in [0.1, 0.15) is 12.8 Å². The lowest BCUT2D eigenvalue weighted by molar-refractivity contribution is 0.0975. The third-order valence-corrected chi connectivity index (χ3v) is 5.26. The number of hydrogen-bond donors (Lipinski definition) is 1. The zero-order valence-electron chi connectivity index (χ0n) is 10.6. The fourth-order valence-electron chi connectivity index (χ4n) is 3.25. The minimum absolute atomic E-state index is 0.189. The van der Waals surface area contributed by atoms with E-state index in [1.54, 1.807) is 23.5 Å². The molecule has 0 radical (unpaired) electrons. The van der Waals surface area contributed by atoms with Crippen molar-refractivity contribution in [2.24, 2.45) is 5.92 Å². The van der Waals surface area contributed by atoms with Crippen LogP contribution in [0.3, 0.4) is 0 Å². The number of rotatable bonds is 2. The molecular formula is C14H16FN3S. The molecule has 3 fully saturated rings. The van der Waals surface area contributed by atoms with E-state index in [0.29, 0.717) is 6.04 Å². The van der Waals surface area contributed by atoms with Gasteiger partial charge in [0.05, 0.1) is 10.2 Å². The van der Waals surface area contributed by atoms with Crippen LogP contribution in [-0.4, -0.2) is 35.6 Å². The molecule has 3 saturated heterocycles. The molecule has 3 aliphatic rings. The van der Waals surface area contributed by atoms with Crippen molar-refractivity contribution in [1.29, 1.82) is 0 Å². The molecule has 1 aromatic carbocycles. The summed E-state index contributed by atoms with van der Waals surface area (Å²) in [6, 6.07) is 5.30. The van der Waals surface area contributed by atoms with E-state index in [1.807, 2.05) is 0 Å². The van der Waals surface area contributed by atoms with Crippen molar-refractivity contribution < 1.29 is 4.39 Å². The van der Waals surface area contributed by atoms with Gasteiger partial charge in [0.1, 0.15) is 5.82 Å². The molecule has 0 spiro atoms. The van der Waals surface area contributed by atoms with E-state index < -0.39 is 0 Å². The van der Waals surface area contributed by atoms with Crippen LogP contribution in [0.15, 0.2) is 18.2 Å². The lowest BCUT2D eigenvalue weighted by atomic mass is 9.84. The Morgan fingerprint density at radius 1 is 1.32 bits per heavy atom. The zero-order chi connectivity index (χ0) is 12.8. The Morgan fingerprint density at radius 2 is 2.16 bits per heavy atom. The van der Waals surface area contributed by atoms with Gasteiger partial charge in [0.15, 0.2) is 5.13 Å². The van der Waals surface area contributed by atoms with E-state index in [-0.39, 0.29) is 5.82 Å². The van der Waals surface area contributed by atoms with Gasteiger partial charge in [0.25, 0.3) is 0 Å². The maximum absolute atomic E-state index is 13.2. The lowest BCUT2D eigenvalue weighted by Gasteiger charge is -2.44. The lowest BCUT2D eigenvalue weighted by Crippen LogP contribution is -2.53. The van der Waals surface area contributed by atoms with Crippen molar-refractivity contribution >= 4 is 26.7 Å². The van der Waals surface area contributed by atoms with Gasteiger partial charge in [-0.1, -0.05) is 11.3 Å². The molecule has 100 valence electrons. The molecule has 0 aliphatic carbocycles. The fourth-order valence-corrected chi connectivity index (χ4v) is 4.20. The Kier molecular flexibility index (Phi) is 2.70. The van der Waals surface area contributed by atoms with Crippen LogP contribution in [0.4, 0.5) is 9.52 Å². The smallest absolute Gasteiger partial charge is 0.184 e. The summed E-state index contributed by atoms with van der Waals surface area (Å²) in [4.78, 5) is 7.07. The molecule has 2 bridgehead atoms. The second kappa shape index (κ2) is 4.42. The Hall–Kier alpha value is -1.20. The predicted octanol–water partition coefficient (Wildman–Crippen LogP) is 2.94. The summed E-state index contributed by atoms with van der Waals surface area (Å²) in [6.45, 7) is 3.61. The largest absolute Gasteiger partial charge is 0.357 e. The highest BCUT2D eigenvalue weighted by Crippen LogP contribution is 2.32. The van der Waals surface area contributed by atoms with E-state index in [9.17, 15) is 4.39 Å². The number of piperidine rings is 3. The summed E-state index contributed by atoms with van der Waals surface area (Å²) in [5.41, 5.74) is 0.884. The molecule has 1 N–H and O–H groups in total. The number of thiazole rings is 1. The summed E-state index contributed by atoms with van der Waals surface area (Å²) in [6.07, 6.45) is 2.58. The van der Waals surface area contributed by atoms with Crippen LogP contribution >= 0.6 is 11.3 Å². The van der Waals surface area contributed by atoms with Crippen LogP contribution in [0.2, 0.25) is 0 Å². The number of halogens is 1. The molecule has 19 heavy (non-hydrogen) atoms. The fraction of sp³-hybridized carbons (Fsp3) is 0.500. The standard InChI is InChI=1S/C14H16FN3S/c15-10-1-2-11-13(7-10)19-14(16-11)17-12-8-18-5-3-9(12)4-6-18/h1-2,7,9,12H,3-6,8H2,(H,16,17). The molecule has 2 aromatic rings. The summed E-state index contributed by atoms with van der Waals surface area (Å²) in [7, 11) is 0. The second-order valence-electron chi connectivity index (χ2n) is 5.52. The molecule has 0 amide bonds. The number of benzene rings is 1. The van der Waals surface area contributed by atoms with Gasteiger partial charge in [-0.3, -0.25) is 0 Å². The number of aromatic nitrogens is 1. The third kappa shape index (κ3) is 2.11. The van der Waals surface area contributed by atoms with Crippen LogP contribution in [0.25, 0.3) is 10.2 Å². The van der Waals surface area contributed by atoms with Gasteiger partial charge in [-0.15, -0.1) is 0 Å². The topological polar surface area (TPSA) is 28.2 Å².